The van der Waals surface area contributed by atoms with Crippen LogP contribution in [0.25, 0.3) is 0 Å². The Hall–Kier alpha value is -2.04. The Morgan fingerprint density at radius 1 is 1.38 bits per heavy atom. The van der Waals surface area contributed by atoms with Gasteiger partial charge in [0.25, 0.3) is 0 Å². The normalized spacial score (nSPS) is 13.8. The van der Waals surface area contributed by atoms with Crippen molar-refractivity contribution in [2.24, 2.45) is 0 Å². The Labute approximate surface area is 125 Å². The lowest BCUT2D eigenvalue weighted by molar-refractivity contribution is 0.0698. The lowest BCUT2D eigenvalue weighted by Crippen LogP contribution is -2.37. The topological polar surface area (TPSA) is 69.6 Å². The maximum absolute atomic E-state index is 12.4. The molecule has 0 atom stereocenters. The first kappa shape index (κ1) is 15.4. The van der Waals surface area contributed by atoms with Crippen LogP contribution in [0, 0.1) is 6.92 Å². The molecule has 2 amide bonds. The summed E-state index contributed by atoms with van der Waals surface area (Å²) in [5.74, 6) is -1.03. The van der Waals surface area contributed by atoms with E-state index in [1.165, 1.54) is 0 Å². The van der Waals surface area contributed by atoms with Gasteiger partial charge in [0.2, 0.25) is 0 Å². The molecule has 1 aliphatic carbocycles. The number of hydrogen-bond donors (Lipinski definition) is 2. The number of carbonyl (C=O) groups excluding carboxylic acids is 1. The van der Waals surface area contributed by atoms with Crippen molar-refractivity contribution < 1.29 is 14.7 Å². The quantitative estimate of drug-likeness (QED) is 0.842. The van der Waals surface area contributed by atoms with E-state index in [0.29, 0.717) is 11.7 Å². The largest absolute Gasteiger partial charge is 0.478 e. The number of aromatic carboxylic acids is 1. The highest BCUT2D eigenvalue weighted by atomic mass is 16.4. The number of benzene rings is 1. The number of rotatable bonds is 6. The molecule has 21 heavy (non-hydrogen) atoms. The van der Waals surface area contributed by atoms with Crippen molar-refractivity contribution in [2.45, 2.75) is 45.6 Å². The summed E-state index contributed by atoms with van der Waals surface area (Å²) in [4.78, 5) is 25.5. The van der Waals surface area contributed by atoms with Gasteiger partial charge in [-0.1, -0.05) is 25.0 Å². The number of amides is 2. The van der Waals surface area contributed by atoms with Gasteiger partial charge >= 0.3 is 12.0 Å². The van der Waals surface area contributed by atoms with Gasteiger partial charge in [0.05, 0.1) is 11.3 Å². The average Bonchev–Trinajstić information content (AvgIpc) is 3.25. The molecule has 0 aliphatic heterocycles. The summed E-state index contributed by atoms with van der Waals surface area (Å²) in [5.41, 5.74) is 1.35. The molecule has 0 spiro atoms. The molecule has 2 rings (SSSR count). The molecule has 1 aromatic rings. The van der Waals surface area contributed by atoms with Crippen LogP contribution in [0.2, 0.25) is 0 Å². The van der Waals surface area contributed by atoms with E-state index in [0.717, 1.165) is 37.8 Å². The standard InChI is InChI=1S/C16H22N2O3/c1-3-4-9-18(12-6-7-12)16(21)17-14-8-5-11(2)10-13(14)15(19)20/h5,8,10,12H,3-4,6-7,9H2,1-2H3,(H,17,21)(H,19,20). The fraction of sp³-hybridized carbons (Fsp3) is 0.500. The average molecular weight is 290 g/mol. The van der Waals surface area contributed by atoms with Crippen molar-refractivity contribution >= 4 is 17.7 Å². The van der Waals surface area contributed by atoms with Crippen molar-refractivity contribution in [3.63, 3.8) is 0 Å². The number of aryl methyl sites for hydroxylation is 1. The van der Waals surface area contributed by atoms with E-state index in [9.17, 15) is 14.7 Å². The number of unbranched alkanes of at least 4 members (excludes halogenated alkanes) is 1. The fourth-order valence-corrected chi connectivity index (χ4v) is 2.30. The molecule has 0 saturated heterocycles. The van der Waals surface area contributed by atoms with Gasteiger partial charge in [-0.05, 0) is 38.3 Å². The van der Waals surface area contributed by atoms with Crippen LogP contribution in [0.1, 0.15) is 48.5 Å². The molecule has 1 aromatic carbocycles. The lowest BCUT2D eigenvalue weighted by Gasteiger charge is -2.23. The van der Waals surface area contributed by atoms with Gasteiger partial charge in [-0.25, -0.2) is 9.59 Å². The van der Waals surface area contributed by atoms with Gasteiger partial charge in [-0.3, -0.25) is 0 Å². The molecular weight excluding hydrogens is 268 g/mol. The van der Waals surface area contributed by atoms with Crippen LogP contribution in [-0.2, 0) is 0 Å². The van der Waals surface area contributed by atoms with E-state index < -0.39 is 5.97 Å². The monoisotopic (exact) mass is 290 g/mol. The molecule has 1 fully saturated rings. The molecule has 2 N–H and O–H groups in total. The third-order valence-corrected chi connectivity index (χ3v) is 3.65. The Balaban J connectivity index is 2.12. The Morgan fingerprint density at radius 2 is 2.10 bits per heavy atom. The molecule has 1 saturated carbocycles. The summed E-state index contributed by atoms with van der Waals surface area (Å²) in [6, 6.07) is 5.15. The molecule has 0 bridgehead atoms. The SMILES string of the molecule is CCCCN(C(=O)Nc1ccc(C)cc1C(=O)O)C1CC1. The third kappa shape index (κ3) is 3.97. The third-order valence-electron chi connectivity index (χ3n) is 3.65. The molecular formula is C16H22N2O3. The van der Waals surface area contributed by atoms with Crippen molar-refractivity contribution in [3.05, 3.63) is 29.3 Å². The second-order valence-corrected chi connectivity index (χ2v) is 5.56. The molecule has 0 aromatic heterocycles. The van der Waals surface area contributed by atoms with E-state index in [1.54, 1.807) is 18.2 Å². The highest BCUT2D eigenvalue weighted by Crippen LogP contribution is 2.28. The fourth-order valence-electron chi connectivity index (χ4n) is 2.30. The van der Waals surface area contributed by atoms with E-state index in [2.05, 4.69) is 12.2 Å². The summed E-state index contributed by atoms with van der Waals surface area (Å²) in [7, 11) is 0. The molecule has 1 aliphatic rings. The molecule has 0 radical (unpaired) electrons. The number of nitrogens with one attached hydrogen (secondary N) is 1. The van der Waals surface area contributed by atoms with E-state index in [1.807, 2.05) is 11.8 Å². The molecule has 114 valence electrons. The summed E-state index contributed by atoms with van der Waals surface area (Å²) < 4.78 is 0. The number of carboxylic acids is 1. The van der Waals surface area contributed by atoms with Crippen molar-refractivity contribution in [1.29, 1.82) is 0 Å². The van der Waals surface area contributed by atoms with E-state index in [-0.39, 0.29) is 11.6 Å². The first-order valence-electron chi connectivity index (χ1n) is 7.44. The van der Waals surface area contributed by atoms with Crippen molar-refractivity contribution in [1.82, 2.24) is 4.90 Å². The minimum absolute atomic E-state index is 0.134. The highest BCUT2D eigenvalue weighted by Gasteiger charge is 2.32. The molecule has 5 heteroatoms. The van der Waals surface area contributed by atoms with Gasteiger partial charge in [-0.15, -0.1) is 0 Å². The van der Waals surface area contributed by atoms with Gasteiger partial charge in [0.1, 0.15) is 0 Å². The summed E-state index contributed by atoms with van der Waals surface area (Å²) in [6.45, 7) is 4.64. The molecule has 5 nitrogen and oxygen atoms in total. The zero-order valence-corrected chi connectivity index (χ0v) is 12.6. The second kappa shape index (κ2) is 6.61. The first-order valence-corrected chi connectivity index (χ1v) is 7.44. The summed E-state index contributed by atoms with van der Waals surface area (Å²) in [5, 5.41) is 12.0. The summed E-state index contributed by atoms with van der Waals surface area (Å²) >= 11 is 0. The number of anilines is 1. The minimum Gasteiger partial charge on any atom is -0.478 e. The Bertz CT molecular complexity index is 538. The van der Waals surface area contributed by atoms with Gasteiger partial charge in [-0.2, -0.15) is 0 Å². The van der Waals surface area contributed by atoms with Crippen LogP contribution >= 0.6 is 0 Å². The Morgan fingerprint density at radius 3 is 2.67 bits per heavy atom. The zero-order chi connectivity index (χ0) is 15.4. The number of nitrogens with zero attached hydrogens (tertiary/aromatic N) is 1. The highest BCUT2D eigenvalue weighted by molar-refractivity contribution is 6.00. The predicted octanol–water partition coefficient (Wildman–Crippen LogP) is 3.49. The number of carboxylic acid groups (broad SMARTS) is 1. The van der Waals surface area contributed by atoms with Gasteiger partial charge in [0.15, 0.2) is 0 Å². The predicted molar refractivity (Wildman–Crippen MR) is 81.8 cm³/mol. The maximum atomic E-state index is 12.4. The maximum Gasteiger partial charge on any atom is 0.337 e. The number of hydrogen-bond acceptors (Lipinski definition) is 2. The van der Waals surface area contributed by atoms with Crippen LogP contribution in [0.15, 0.2) is 18.2 Å². The minimum atomic E-state index is -1.03. The molecule has 0 heterocycles. The van der Waals surface area contributed by atoms with Crippen LogP contribution < -0.4 is 5.32 Å². The first-order chi connectivity index (χ1) is 10.0. The van der Waals surface area contributed by atoms with Crippen LogP contribution in [0.5, 0.6) is 0 Å². The van der Waals surface area contributed by atoms with Crippen molar-refractivity contribution in [3.8, 4) is 0 Å². The lowest BCUT2D eigenvalue weighted by atomic mass is 10.1. The zero-order valence-electron chi connectivity index (χ0n) is 12.6. The van der Waals surface area contributed by atoms with Crippen LogP contribution in [0.4, 0.5) is 10.5 Å². The van der Waals surface area contributed by atoms with Gasteiger partial charge in [0, 0.05) is 12.6 Å². The van der Waals surface area contributed by atoms with Crippen molar-refractivity contribution in [2.75, 3.05) is 11.9 Å². The van der Waals surface area contributed by atoms with E-state index in [4.69, 9.17) is 0 Å². The number of urea groups is 1. The van der Waals surface area contributed by atoms with Gasteiger partial charge < -0.3 is 15.3 Å². The molecule has 0 unspecified atom stereocenters. The Kier molecular flexibility index (Phi) is 4.83. The second-order valence-electron chi connectivity index (χ2n) is 5.56. The number of carbonyl (C=O) groups is 2. The smallest absolute Gasteiger partial charge is 0.337 e. The summed E-state index contributed by atoms with van der Waals surface area (Å²) in [6.07, 6.45) is 4.07. The van der Waals surface area contributed by atoms with Crippen LogP contribution in [-0.4, -0.2) is 34.6 Å². The van der Waals surface area contributed by atoms with Crippen LogP contribution in [0.3, 0.4) is 0 Å². The van der Waals surface area contributed by atoms with E-state index >= 15 is 0 Å².